The lowest BCUT2D eigenvalue weighted by atomic mass is 9.98. The van der Waals surface area contributed by atoms with Crippen molar-refractivity contribution >= 4 is 5.91 Å². The van der Waals surface area contributed by atoms with E-state index in [1.54, 1.807) is 0 Å². The van der Waals surface area contributed by atoms with Gasteiger partial charge >= 0.3 is 0 Å². The van der Waals surface area contributed by atoms with Crippen molar-refractivity contribution in [2.75, 3.05) is 32.8 Å². The van der Waals surface area contributed by atoms with E-state index in [0.29, 0.717) is 18.6 Å². The molecule has 2 aliphatic rings. The smallest absolute Gasteiger partial charge is 0.228 e. The Morgan fingerprint density at radius 1 is 1.33 bits per heavy atom. The minimum atomic E-state index is 0.124. The van der Waals surface area contributed by atoms with Crippen LogP contribution in [0.15, 0.2) is 0 Å². The summed E-state index contributed by atoms with van der Waals surface area (Å²) in [5.74, 6) is 0.447. The second kappa shape index (κ2) is 7.10. The first-order valence-electron chi connectivity index (χ1n) is 7.41. The van der Waals surface area contributed by atoms with Crippen molar-refractivity contribution in [3.05, 3.63) is 0 Å². The van der Waals surface area contributed by atoms with Crippen molar-refractivity contribution in [1.82, 2.24) is 10.2 Å². The summed E-state index contributed by atoms with van der Waals surface area (Å²) in [6.07, 6.45) is 5.41. The Hall–Kier alpha value is -0.610. The van der Waals surface area contributed by atoms with Crippen molar-refractivity contribution in [2.24, 2.45) is 5.92 Å². The van der Waals surface area contributed by atoms with Crippen LogP contribution in [0.1, 0.15) is 39.0 Å². The zero-order chi connectivity index (χ0) is 12.8. The second-order valence-corrected chi connectivity index (χ2v) is 5.47. The van der Waals surface area contributed by atoms with Crippen LogP contribution in [-0.2, 0) is 9.53 Å². The van der Waals surface area contributed by atoms with Gasteiger partial charge in [-0.05, 0) is 38.6 Å². The van der Waals surface area contributed by atoms with Crippen LogP contribution in [0.2, 0.25) is 0 Å². The molecule has 2 fully saturated rings. The van der Waals surface area contributed by atoms with E-state index in [2.05, 4.69) is 12.2 Å². The van der Waals surface area contributed by atoms with Crippen LogP contribution in [0.5, 0.6) is 0 Å². The molecule has 1 N–H and O–H groups in total. The third-order valence-electron chi connectivity index (χ3n) is 4.00. The molecule has 4 nitrogen and oxygen atoms in total. The molecule has 1 atom stereocenters. The average Bonchev–Trinajstić information content (AvgIpc) is 2.46. The average molecular weight is 254 g/mol. The van der Waals surface area contributed by atoms with Crippen molar-refractivity contribution < 1.29 is 9.53 Å². The number of hydrogen-bond acceptors (Lipinski definition) is 3. The van der Waals surface area contributed by atoms with Crippen molar-refractivity contribution in [1.29, 1.82) is 0 Å². The molecule has 0 saturated carbocycles. The molecule has 2 rings (SSSR count). The first kappa shape index (κ1) is 13.8. The van der Waals surface area contributed by atoms with E-state index >= 15 is 0 Å². The lowest BCUT2D eigenvalue weighted by Gasteiger charge is -2.35. The molecule has 4 heteroatoms. The molecule has 18 heavy (non-hydrogen) atoms. The molecular weight excluding hydrogens is 228 g/mol. The zero-order valence-corrected chi connectivity index (χ0v) is 11.5. The Balaban J connectivity index is 1.73. The predicted octanol–water partition coefficient (Wildman–Crippen LogP) is 1.40. The fourth-order valence-electron chi connectivity index (χ4n) is 2.85. The number of carbonyl (C=O) groups is 1. The van der Waals surface area contributed by atoms with Gasteiger partial charge in [-0.1, -0.05) is 6.92 Å². The van der Waals surface area contributed by atoms with E-state index in [1.807, 2.05) is 4.90 Å². The first-order chi connectivity index (χ1) is 8.81. The molecule has 2 heterocycles. The Morgan fingerprint density at radius 2 is 2.11 bits per heavy atom. The van der Waals surface area contributed by atoms with Gasteiger partial charge < -0.3 is 15.0 Å². The monoisotopic (exact) mass is 254 g/mol. The van der Waals surface area contributed by atoms with Gasteiger partial charge in [0, 0.05) is 25.7 Å². The molecule has 104 valence electrons. The van der Waals surface area contributed by atoms with Gasteiger partial charge in [-0.2, -0.15) is 0 Å². The van der Waals surface area contributed by atoms with Gasteiger partial charge in [-0.3, -0.25) is 4.79 Å². The van der Waals surface area contributed by atoms with Crippen LogP contribution in [0.4, 0.5) is 0 Å². The van der Waals surface area contributed by atoms with Gasteiger partial charge in [0.25, 0.3) is 0 Å². The van der Waals surface area contributed by atoms with E-state index in [1.165, 1.54) is 6.42 Å². The number of nitrogens with one attached hydrogen (secondary N) is 1. The minimum absolute atomic E-state index is 0.124. The molecule has 0 radical (unpaired) electrons. The highest BCUT2D eigenvalue weighted by Gasteiger charge is 2.29. The van der Waals surface area contributed by atoms with E-state index in [-0.39, 0.29) is 5.92 Å². The number of amides is 1. The number of piperidine rings is 1. The Labute approximate surface area is 110 Å². The second-order valence-electron chi connectivity index (χ2n) is 5.47. The molecule has 1 amide bonds. The number of likely N-dealkylation sites (tertiary alicyclic amines) is 1. The van der Waals surface area contributed by atoms with Crippen molar-refractivity contribution in [3.8, 4) is 0 Å². The van der Waals surface area contributed by atoms with Crippen molar-refractivity contribution in [3.63, 3.8) is 0 Å². The zero-order valence-electron chi connectivity index (χ0n) is 11.5. The molecule has 0 bridgehead atoms. The topological polar surface area (TPSA) is 41.6 Å². The molecule has 0 aliphatic carbocycles. The SMILES string of the molecule is CCCNC1CCN(C(=O)C2CCCOC2)CC1. The summed E-state index contributed by atoms with van der Waals surface area (Å²) < 4.78 is 5.41. The highest BCUT2D eigenvalue weighted by Crippen LogP contribution is 2.19. The summed E-state index contributed by atoms with van der Waals surface area (Å²) in [6, 6.07) is 0.608. The minimum Gasteiger partial charge on any atom is -0.381 e. The Kier molecular flexibility index (Phi) is 5.45. The summed E-state index contributed by atoms with van der Waals surface area (Å²) >= 11 is 0. The van der Waals surface area contributed by atoms with Gasteiger partial charge in [-0.15, -0.1) is 0 Å². The van der Waals surface area contributed by atoms with Crippen molar-refractivity contribution in [2.45, 2.75) is 45.1 Å². The molecular formula is C14H26N2O2. The maximum absolute atomic E-state index is 12.3. The van der Waals surface area contributed by atoms with E-state index < -0.39 is 0 Å². The third kappa shape index (κ3) is 3.69. The lowest BCUT2D eigenvalue weighted by Crippen LogP contribution is -2.48. The van der Waals surface area contributed by atoms with Gasteiger partial charge in [0.1, 0.15) is 0 Å². The van der Waals surface area contributed by atoms with E-state index in [9.17, 15) is 4.79 Å². The number of carbonyl (C=O) groups excluding carboxylic acids is 1. The van der Waals surface area contributed by atoms with E-state index in [4.69, 9.17) is 4.74 Å². The third-order valence-corrected chi connectivity index (χ3v) is 4.00. The highest BCUT2D eigenvalue weighted by atomic mass is 16.5. The number of hydrogen-bond donors (Lipinski definition) is 1. The summed E-state index contributed by atoms with van der Waals surface area (Å²) in [5.41, 5.74) is 0. The van der Waals surface area contributed by atoms with Gasteiger partial charge in [0.15, 0.2) is 0 Å². The quantitative estimate of drug-likeness (QED) is 0.824. The maximum atomic E-state index is 12.3. The Bertz CT molecular complexity index is 257. The summed E-state index contributed by atoms with van der Waals surface area (Å²) in [6.45, 7) is 6.57. The normalized spacial score (nSPS) is 26.3. The summed E-state index contributed by atoms with van der Waals surface area (Å²) in [4.78, 5) is 14.3. The van der Waals surface area contributed by atoms with Crippen LogP contribution < -0.4 is 5.32 Å². The molecule has 0 aromatic rings. The van der Waals surface area contributed by atoms with E-state index in [0.717, 1.165) is 51.9 Å². The molecule has 2 saturated heterocycles. The van der Waals surface area contributed by atoms with Crippen LogP contribution in [-0.4, -0.2) is 49.7 Å². The van der Waals surface area contributed by atoms with Crippen LogP contribution in [0.25, 0.3) is 0 Å². The van der Waals surface area contributed by atoms with Crippen LogP contribution in [0, 0.1) is 5.92 Å². The highest BCUT2D eigenvalue weighted by molar-refractivity contribution is 5.79. The molecule has 2 aliphatic heterocycles. The van der Waals surface area contributed by atoms with Crippen LogP contribution in [0.3, 0.4) is 0 Å². The van der Waals surface area contributed by atoms with Gasteiger partial charge in [-0.25, -0.2) is 0 Å². The van der Waals surface area contributed by atoms with Gasteiger partial charge in [0.05, 0.1) is 12.5 Å². The number of ether oxygens (including phenoxy) is 1. The molecule has 1 unspecified atom stereocenters. The standard InChI is InChI=1S/C14H26N2O2/c1-2-7-15-13-5-8-16(9-6-13)14(17)12-4-3-10-18-11-12/h12-13,15H,2-11H2,1H3. The largest absolute Gasteiger partial charge is 0.381 e. The molecule has 0 spiro atoms. The first-order valence-corrected chi connectivity index (χ1v) is 7.41. The number of rotatable bonds is 4. The lowest BCUT2D eigenvalue weighted by molar-refractivity contribution is -0.140. The predicted molar refractivity (Wildman–Crippen MR) is 71.4 cm³/mol. The number of nitrogens with zero attached hydrogens (tertiary/aromatic N) is 1. The summed E-state index contributed by atoms with van der Waals surface area (Å²) in [7, 11) is 0. The van der Waals surface area contributed by atoms with Gasteiger partial charge in [0.2, 0.25) is 5.91 Å². The molecule has 0 aromatic heterocycles. The molecule has 0 aromatic carbocycles. The fraction of sp³-hybridized carbons (Fsp3) is 0.929. The summed E-state index contributed by atoms with van der Waals surface area (Å²) in [5, 5.41) is 3.55. The van der Waals surface area contributed by atoms with Crippen LogP contribution >= 0.6 is 0 Å². The fourth-order valence-corrected chi connectivity index (χ4v) is 2.85. The Morgan fingerprint density at radius 3 is 2.72 bits per heavy atom. The maximum Gasteiger partial charge on any atom is 0.228 e.